The van der Waals surface area contributed by atoms with Gasteiger partial charge in [-0.2, -0.15) is 5.26 Å². The number of piperazine rings is 1. The van der Waals surface area contributed by atoms with Crippen molar-refractivity contribution in [3.05, 3.63) is 42.2 Å². The number of ether oxygens (including phenoxy) is 1. The van der Waals surface area contributed by atoms with E-state index in [2.05, 4.69) is 31.7 Å². The lowest BCUT2D eigenvalue weighted by atomic mass is 10.2. The highest BCUT2D eigenvalue weighted by Crippen LogP contribution is 2.31. The number of hydrogen-bond acceptors (Lipinski definition) is 8. The number of benzene rings is 1. The molecule has 1 saturated heterocycles. The van der Waals surface area contributed by atoms with Crippen LogP contribution in [0.3, 0.4) is 0 Å². The summed E-state index contributed by atoms with van der Waals surface area (Å²) in [6, 6.07) is 10.9. The molecule has 0 unspecified atom stereocenters. The van der Waals surface area contributed by atoms with Crippen LogP contribution in [0, 0.1) is 11.3 Å². The van der Waals surface area contributed by atoms with Gasteiger partial charge in [-0.05, 0) is 38.1 Å². The fourth-order valence-corrected chi connectivity index (χ4v) is 3.19. The quantitative estimate of drug-likeness (QED) is 0.667. The van der Waals surface area contributed by atoms with Crippen LogP contribution in [-0.2, 0) is 4.79 Å². The summed E-state index contributed by atoms with van der Waals surface area (Å²) >= 11 is 0. The molecule has 9 heteroatoms. The third kappa shape index (κ3) is 3.99. The third-order valence-corrected chi connectivity index (χ3v) is 4.56. The molecule has 1 aromatic carbocycles. The Bertz CT molecular complexity index is 1140. The molecular weight excluding hydrogens is 382 g/mol. The second-order valence-electron chi connectivity index (χ2n) is 7.10. The summed E-state index contributed by atoms with van der Waals surface area (Å²) in [7, 11) is 0. The molecule has 1 amide bonds. The van der Waals surface area contributed by atoms with Gasteiger partial charge in [0.2, 0.25) is 5.91 Å². The predicted octanol–water partition coefficient (Wildman–Crippen LogP) is 2.36. The van der Waals surface area contributed by atoms with Crippen LogP contribution in [0.1, 0.15) is 19.4 Å². The van der Waals surface area contributed by atoms with Crippen molar-refractivity contribution >= 4 is 34.3 Å². The van der Waals surface area contributed by atoms with Crippen molar-refractivity contribution < 1.29 is 9.53 Å². The van der Waals surface area contributed by atoms with E-state index >= 15 is 0 Å². The number of aromatic nitrogens is 3. The van der Waals surface area contributed by atoms with Crippen molar-refractivity contribution in [2.75, 3.05) is 29.9 Å². The van der Waals surface area contributed by atoms with E-state index < -0.39 is 0 Å². The van der Waals surface area contributed by atoms with Crippen LogP contribution in [0.15, 0.2) is 36.7 Å². The van der Waals surface area contributed by atoms with E-state index in [0.29, 0.717) is 52.8 Å². The smallest absolute Gasteiger partial charge is 0.242 e. The van der Waals surface area contributed by atoms with E-state index in [9.17, 15) is 10.1 Å². The fraction of sp³-hybridized carbons (Fsp3) is 0.286. The van der Waals surface area contributed by atoms with Gasteiger partial charge in [-0.1, -0.05) is 0 Å². The van der Waals surface area contributed by atoms with Crippen molar-refractivity contribution in [1.82, 2.24) is 20.3 Å². The first-order valence-electron chi connectivity index (χ1n) is 9.66. The molecule has 2 aromatic heterocycles. The summed E-state index contributed by atoms with van der Waals surface area (Å²) in [5, 5.41) is 15.5. The Labute approximate surface area is 173 Å². The summed E-state index contributed by atoms with van der Waals surface area (Å²) in [5.74, 6) is 1.57. The van der Waals surface area contributed by atoms with Crippen molar-refractivity contribution in [3.63, 3.8) is 0 Å². The molecule has 9 nitrogen and oxygen atoms in total. The molecule has 4 rings (SSSR count). The molecule has 3 heterocycles. The van der Waals surface area contributed by atoms with E-state index in [1.165, 1.54) is 6.33 Å². The van der Waals surface area contributed by atoms with Gasteiger partial charge >= 0.3 is 0 Å². The number of carbonyl (C=O) groups is 1. The van der Waals surface area contributed by atoms with Crippen LogP contribution >= 0.6 is 0 Å². The minimum absolute atomic E-state index is 0.0285. The molecule has 30 heavy (non-hydrogen) atoms. The van der Waals surface area contributed by atoms with Crippen molar-refractivity contribution in [3.8, 4) is 11.8 Å². The maximum absolute atomic E-state index is 12.2. The number of fused-ring (bicyclic) bond motifs is 1. The first-order chi connectivity index (χ1) is 14.5. The van der Waals surface area contributed by atoms with E-state index in [1.807, 2.05) is 19.9 Å². The van der Waals surface area contributed by atoms with Gasteiger partial charge in [0.1, 0.15) is 23.4 Å². The molecule has 0 radical (unpaired) electrons. The van der Waals surface area contributed by atoms with Crippen LogP contribution in [0.2, 0.25) is 0 Å². The normalized spacial score (nSPS) is 14.1. The topological polar surface area (TPSA) is 116 Å². The highest BCUT2D eigenvalue weighted by molar-refractivity contribution is 5.96. The highest BCUT2D eigenvalue weighted by atomic mass is 16.5. The lowest BCUT2D eigenvalue weighted by molar-refractivity contribution is -0.118. The Kier molecular flexibility index (Phi) is 5.41. The Morgan fingerprint density at radius 1 is 1.27 bits per heavy atom. The van der Waals surface area contributed by atoms with E-state index in [-0.39, 0.29) is 18.6 Å². The third-order valence-electron chi connectivity index (χ3n) is 4.56. The van der Waals surface area contributed by atoms with E-state index in [4.69, 9.17) is 4.74 Å². The van der Waals surface area contributed by atoms with Gasteiger partial charge in [0.15, 0.2) is 5.82 Å². The Hall–Kier alpha value is -3.77. The number of amides is 1. The molecule has 0 atom stereocenters. The van der Waals surface area contributed by atoms with Gasteiger partial charge < -0.3 is 15.4 Å². The van der Waals surface area contributed by atoms with Crippen LogP contribution in [0.5, 0.6) is 5.75 Å². The Morgan fingerprint density at radius 3 is 2.90 bits per heavy atom. The number of pyridine rings is 1. The lowest BCUT2D eigenvalue weighted by Gasteiger charge is -2.26. The molecule has 1 aliphatic heterocycles. The fourth-order valence-electron chi connectivity index (χ4n) is 3.19. The maximum Gasteiger partial charge on any atom is 0.242 e. The van der Waals surface area contributed by atoms with Crippen LogP contribution in [0.25, 0.3) is 11.0 Å². The van der Waals surface area contributed by atoms with Gasteiger partial charge in [0, 0.05) is 19.2 Å². The zero-order valence-corrected chi connectivity index (χ0v) is 16.7. The summed E-state index contributed by atoms with van der Waals surface area (Å²) in [6.07, 6.45) is 1.39. The van der Waals surface area contributed by atoms with E-state index in [0.717, 1.165) is 0 Å². The van der Waals surface area contributed by atoms with Gasteiger partial charge in [0.25, 0.3) is 0 Å². The number of nitrogens with zero attached hydrogens (tertiary/aromatic N) is 5. The van der Waals surface area contributed by atoms with Gasteiger partial charge in [0.05, 0.1) is 35.5 Å². The van der Waals surface area contributed by atoms with Crippen LogP contribution in [0.4, 0.5) is 17.3 Å². The average Bonchev–Trinajstić information content (AvgIpc) is 2.75. The zero-order chi connectivity index (χ0) is 21.1. The van der Waals surface area contributed by atoms with Crippen LogP contribution in [-0.4, -0.2) is 46.6 Å². The lowest BCUT2D eigenvalue weighted by Crippen LogP contribution is -2.48. The summed E-state index contributed by atoms with van der Waals surface area (Å²) < 4.78 is 5.87. The highest BCUT2D eigenvalue weighted by Gasteiger charge is 2.21. The summed E-state index contributed by atoms with van der Waals surface area (Å²) in [4.78, 5) is 27.2. The molecule has 1 aliphatic rings. The first-order valence-corrected chi connectivity index (χ1v) is 9.66. The minimum Gasteiger partial charge on any atom is -0.489 e. The number of carbonyl (C=O) groups excluding carboxylic acids is 1. The largest absolute Gasteiger partial charge is 0.489 e. The molecule has 0 bridgehead atoms. The molecule has 0 saturated carbocycles. The number of nitrogens with one attached hydrogen (secondary N) is 2. The summed E-state index contributed by atoms with van der Waals surface area (Å²) in [6.45, 7) is 5.39. The Balaban J connectivity index is 1.73. The number of rotatable bonds is 5. The number of nitriles is 1. The molecule has 0 spiro atoms. The van der Waals surface area contributed by atoms with Gasteiger partial charge in [-0.15, -0.1) is 0 Å². The van der Waals surface area contributed by atoms with Crippen molar-refractivity contribution in [1.29, 1.82) is 5.26 Å². The Morgan fingerprint density at radius 2 is 2.13 bits per heavy atom. The first kappa shape index (κ1) is 19.5. The second-order valence-corrected chi connectivity index (χ2v) is 7.10. The summed E-state index contributed by atoms with van der Waals surface area (Å²) in [5.41, 5.74) is 2.36. The molecule has 3 aromatic rings. The van der Waals surface area contributed by atoms with Gasteiger partial charge in [-0.3, -0.25) is 9.69 Å². The molecule has 152 valence electrons. The van der Waals surface area contributed by atoms with Crippen molar-refractivity contribution in [2.24, 2.45) is 0 Å². The van der Waals surface area contributed by atoms with Crippen LogP contribution < -0.4 is 20.3 Å². The number of hydrogen-bond donors (Lipinski definition) is 2. The molecule has 2 N–H and O–H groups in total. The molecular formula is C21H21N7O2. The van der Waals surface area contributed by atoms with Gasteiger partial charge in [-0.25, -0.2) is 15.0 Å². The standard InChI is InChI=1S/C21H21N7O2/c1-13(2)30-17-9-14(10-22)3-4-15(17)26-21-20-16(24-12-25-21)5-6-18(27-20)28-8-7-23-11-19(28)29/h3-6,9,12-13,23H,7-8,11H2,1-2H3,(H,24,25,26). The van der Waals surface area contributed by atoms with E-state index in [1.54, 1.807) is 29.2 Å². The molecule has 0 aliphatic carbocycles. The second kappa shape index (κ2) is 8.31. The predicted molar refractivity (Wildman–Crippen MR) is 113 cm³/mol. The van der Waals surface area contributed by atoms with Crippen molar-refractivity contribution in [2.45, 2.75) is 20.0 Å². The maximum atomic E-state index is 12.2. The zero-order valence-electron chi connectivity index (χ0n) is 16.7. The average molecular weight is 403 g/mol. The minimum atomic E-state index is -0.0647. The number of anilines is 3. The molecule has 1 fully saturated rings. The monoisotopic (exact) mass is 403 g/mol. The SMILES string of the molecule is CC(C)Oc1cc(C#N)ccc1Nc1ncnc2ccc(N3CCNCC3=O)nc12.